The van der Waals surface area contributed by atoms with Crippen LogP contribution in [0.4, 0.5) is 14.5 Å². The third-order valence-corrected chi connectivity index (χ3v) is 9.60. The normalized spacial score (nSPS) is 20.4. The molecule has 2 fully saturated rings. The quantitative estimate of drug-likeness (QED) is 0.149. The Labute approximate surface area is 290 Å². The van der Waals surface area contributed by atoms with Crippen molar-refractivity contribution in [1.82, 2.24) is 4.98 Å². The molecule has 6 N–H and O–H groups in total. The Kier molecular flexibility index (Phi) is 10.6. The fourth-order valence-corrected chi connectivity index (χ4v) is 7.05. The van der Waals surface area contributed by atoms with Crippen molar-refractivity contribution < 1.29 is 28.2 Å². The molecule has 4 atom stereocenters. The SMILES string of the molecule is C=C(C=N)c1ccc(-c2c(C)cc(C(O)C(N)=O)cc2C)cc1N1CC[C@H](C(=O)N=C(N)c2ccc(C(C)(F)F)nc2C2CCCO2)C[C@@H]1C. The molecule has 2 unspecified atom stereocenters. The zero-order valence-electron chi connectivity index (χ0n) is 28.8. The van der Waals surface area contributed by atoms with Gasteiger partial charge in [0.15, 0.2) is 6.10 Å². The number of aliphatic hydroxyl groups is 1. The number of halogens is 2. The van der Waals surface area contributed by atoms with E-state index in [0.29, 0.717) is 49.1 Å². The number of nitrogens with zero attached hydrogens (tertiary/aromatic N) is 3. The summed E-state index contributed by atoms with van der Waals surface area (Å²) in [5, 5.41) is 18.2. The zero-order valence-corrected chi connectivity index (χ0v) is 28.8. The Morgan fingerprint density at radius 3 is 2.40 bits per heavy atom. The van der Waals surface area contributed by atoms with E-state index in [4.69, 9.17) is 21.6 Å². The van der Waals surface area contributed by atoms with Gasteiger partial charge in [-0.2, -0.15) is 13.8 Å². The standard InChI is InChI=1S/C38H44F2N6O4/c1-20-15-26(34(47)36(43)48)16-21(2)32(20)24-8-9-27(22(3)19-41)29(18-24)46-13-12-25(17-23(46)4)37(49)45-35(42)28-10-11-31(38(5,39)40)44-33(28)30-7-6-14-50-30/h8-11,15-16,18-19,23,25,30,34,41,47H,3,6-7,12-14,17H2,1-2,4-5H3,(H2,43,48)(H2,42,45,49)/t23-,25-,30?,34?/m0/s1. The minimum Gasteiger partial charge on any atom is -0.383 e. The number of benzene rings is 2. The molecule has 0 saturated carbocycles. The fourth-order valence-electron chi connectivity index (χ4n) is 7.05. The number of rotatable bonds is 10. The van der Waals surface area contributed by atoms with Crippen LogP contribution in [0.15, 0.2) is 54.0 Å². The molecule has 264 valence electrons. The lowest BCUT2D eigenvalue weighted by molar-refractivity contribution is -0.126. The molecule has 0 spiro atoms. The number of alkyl halides is 2. The maximum Gasteiger partial charge on any atom is 0.286 e. The van der Waals surface area contributed by atoms with Crippen LogP contribution in [0.3, 0.4) is 0 Å². The molecule has 0 aliphatic carbocycles. The van der Waals surface area contributed by atoms with Crippen molar-refractivity contribution >= 4 is 35.1 Å². The lowest BCUT2D eigenvalue weighted by atomic mass is 9.87. The van der Waals surface area contributed by atoms with E-state index in [-0.39, 0.29) is 23.5 Å². The topological polar surface area (TPSA) is 168 Å². The number of ether oxygens (including phenoxy) is 1. The van der Waals surface area contributed by atoms with Crippen molar-refractivity contribution in [1.29, 1.82) is 5.41 Å². The van der Waals surface area contributed by atoms with Crippen molar-refractivity contribution in [3.8, 4) is 11.1 Å². The predicted octanol–water partition coefficient (Wildman–Crippen LogP) is 6.05. The summed E-state index contributed by atoms with van der Waals surface area (Å²) >= 11 is 0. The maximum absolute atomic E-state index is 14.1. The van der Waals surface area contributed by atoms with Gasteiger partial charge in [0, 0.05) is 55.1 Å². The van der Waals surface area contributed by atoms with Crippen LogP contribution in [0.1, 0.15) is 90.9 Å². The highest BCUT2D eigenvalue weighted by Gasteiger charge is 2.34. The molecule has 3 heterocycles. The largest absolute Gasteiger partial charge is 0.383 e. The summed E-state index contributed by atoms with van der Waals surface area (Å²) in [6.07, 6.45) is 1.62. The highest BCUT2D eigenvalue weighted by molar-refractivity contribution is 6.10. The number of aromatic nitrogens is 1. The number of aryl methyl sites for hydroxylation is 2. The van der Waals surface area contributed by atoms with Gasteiger partial charge in [-0.3, -0.25) is 9.59 Å². The summed E-state index contributed by atoms with van der Waals surface area (Å²) in [6.45, 7) is 11.7. The van der Waals surface area contributed by atoms with Crippen molar-refractivity contribution in [3.05, 3.63) is 88.2 Å². The molecule has 3 aromatic rings. The van der Waals surface area contributed by atoms with Crippen LogP contribution in [-0.4, -0.2) is 53.1 Å². The van der Waals surface area contributed by atoms with Crippen molar-refractivity contribution in [2.45, 2.75) is 77.6 Å². The van der Waals surface area contributed by atoms with Crippen LogP contribution in [0, 0.1) is 25.2 Å². The Morgan fingerprint density at radius 2 is 1.82 bits per heavy atom. The molecular formula is C38H44F2N6O4. The minimum absolute atomic E-state index is 0.0774. The van der Waals surface area contributed by atoms with Crippen LogP contribution in [-0.2, 0) is 20.2 Å². The smallest absolute Gasteiger partial charge is 0.286 e. The number of allylic oxidation sites excluding steroid dienone is 1. The van der Waals surface area contributed by atoms with E-state index in [2.05, 4.69) is 21.5 Å². The molecule has 10 nitrogen and oxygen atoms in total. The Bertz CT molecular complexity index is 1840. The summed E-state index contributed by atoms with van der Waals surface area (Å²) in [4.78, 5) is 35.8. The average Bonchev–Trinajstić information content (AvgIpc) is 3.61. The van der Waals surface area contributed by atoms with Crippen molar-refractivity contribution in [2.24, 2.45) is 22.4 Å². The summed E-state index contributed by atoms with van der Waals surface area (Å²) in [7, 11) is 0. The third-order valence-electron chi connectivity index (χ3n) is 9.60. The van der Waals surface area contributed by atoms with E-state index >= 15 is 0 Å². The summed E-state index contributed by atoms with van der Waals surface area (Å²) in [5.74, 6) is -4.87. The first-order chi connectivity index (χ1) is 23.6. The van der Waals surface area contributed by atoms with Crippen LogP contribution in [0.5, 0.6) is 0 Å². The first-order valence-electron chi connectivity index (χ1n) is 16.7. The molecule has 1 aromatic heterocycles. The van der Waals surface area contributed by atoms with E-state index in [0.717, 1.165) is 46.8 Å². The molecule has 2 aromatic carbocycles. The lowest BCUT2D eigenvalue weighted by Crippen LogP contribution is -2.43. The second-order valence-electron chi connectivity index (χ2n) is 13.4. The number of hydrogen-bond donors (Lipinski definition) is 4. The molecule has 12 heteroatoms. The zero-order chi connectivity index (χ0) is 36.5. The fraction of sp³-hybridized carbons (Fsp3) is 0.395. The number of nitrogens with two attached hydrogens (primary N) is 2. The van der Waals surface area contributed by atoms with E-state index in [1.807, 2.05) is 39.0 Å². The second kappa shape index (κ2) is 14.6. The highest BCUT2D eigenvalue weighted by Crippen LogP contribution is 2.39. The van der Waals surface area contributed by atoms with Crippen LogP contribution < -0.4 is 16.4 Å². The number of carbonyl (C=O) groups excluding carboxylic acids is 2. The third kappa shape index (κ3) is 7.51. The van der Waals surface area contributed by atoms with E-state index in [9.17, 15) is 23.5 Å². The summed E-state index contributed by atoms with van der Waals surface area (Å²) in [6, 6.07) is 12.0. The molecule has 0 bridgehead atoms. The van der Waals surface area contributed by atoms with Gasteiger partial charge in [0.25, 0.3) is 17.7 Å². The van der Waals surface area contributed by atoms with Crippen LogP contribution >= 0.6 is 0 Å². The van der Waals surface area contributed by atoms with Gasteiger partial charge in [0.2, 0.25) is 0 Å². The van der Waals surface area contributed by atoms with Gasteiger partial charge in [0.05, 0.1) is 5.69 Å². The number of hydrogen-bond acceptors (Lipinski definition) is 7. The monoisotopic (exact) mass is 686 g/mol. The summed E-state index contributed by atoms with van der Waals surface area (Å²) in [5.41, 5.74) is 18.0. The predicted molar refractivity (Wildman–Crippen MR) is 190 cm³/mol. The van der Waals surface area contributed by atoms with Gasteiger partial charge in [-0.05, 0) is 98.0 Å². The Morgan fingerprint density at radius 1 is 1.14 bits per heavy atom. The Hall–Kier alpha value is -4.81. The molecule has 2 aliphatic rings. The van der Waals surface area contributed by atoms with Gasteiger partial charge in [0.1, 0.15) is 17.6 Å². The van der Waals surface area contributed by atoms with Crippen molar-refractivity contribution in [3.63, 3.8) is 0 Å². The molecule has 2 saturated heterocycles. The van der Waals surface area contributed by atoms with Gasteiger partial charge < -0.3 is 31.6 Å². The number of primary amides is 1. The van der Waals surface area contributed by atoms with Crippen molar-refractivity contribution in [2.75, 3.05) is 18.1 Å². The maximum atomic E-state index is 14.1. The van der Waals surface area contributed by atoms with E-state index in [1.165, 1.54) is 18.3 Å². The molecule has 5 rings (SSSR count). The number of amides is 2. The minimum atomic E-state index is -3.15. The lowest BCUT2D eigenvalue weighted by Gasteiger charge is -2.39. The number of anilines is 1. The molecule has 50 heavy (non-hydrogen) atoms. The number of aliphatic hydroxyl groups excluding tert-OH is 1. The molecule has 2 aliphatic heterocycles. The van der Waals surface area contributed by atoms with Crippen LogP contribution in [0.25, 0.3) is 16.7 Å². The van der Waals surface area contributed by atoms with E-state index in [1.54, 1.807) is 12.1 Å². The number of piperidine rings is 1. The highest BCUT2D eigenvalue weighted by atomic mass is 19.3. The molecule has 2 amide bonds. The number of aliphatic imine (C=N–C) groups is 1. The van der Waals surface area contributed by atoms with Gasteiger partial charge in [-0.15, -0.1) is 0 Å². The number of carbonyl (C=O) groups is 2. The molecular weight excluding hydrogens is 642 g/mol. The first-order valence-corrected chi connectivity index (χ1v) is 16.7. The number of pyridine rings is 1. The first kappa shape index (κ1) is 36.5. The van der Waals surface area contributed by atoms with Gasteiger partial charge in [-0.1, -0.05) is 30.8 Å². The van der Waals surface area contributed by atoms with Crippen LogP contribution in [0.2, 0.25) is 0 Å². The number of amidine groups is 1. The van der Waals surface area contributed by atoms with Gasteiger partial charge >= 0.3 is 0 Å². The Balaban J connectivity index is 1.41. The second-order valence-corrected chi connectivity index (χ2v) is 13.4. The molecule has 0 radical (unpaired) electrons. The average molecular weight is 687 g/mol. The number of nitrogens with one attached hydrogen (secondary N) is 1. The van der Waals surface area contributed by atoms with Gasteiger partial charge in [-0.25, -0.2) is 4.98 Å². The summed E-state index contributed by atoms with van der Waals surface area (Å²) < 4.78 is 34.0. The van der Waals surface area contributed by atoms with E-state index < -0.39 is 35.6 Å².